The molecule has 0 fully saturated rings. The van der Waals surface area contributed by atoms with Crippen LogP contribution in [0, 0.1) is 0 Å². The van der Waals surface area contributed by atoms with Gasteiger partial charge in [-0.2, -0.15) is 0 Å². The van der Waals surface area contributed by atoms with E-state index in [0.717, 1.165) is 10.2 Å². The Morgan fingerprint density at radius 3 is 3.06 bits per heavy atom. The molecule has 0 saturated heterocycles. The van der Waals surface area contributed by atoms with Gasteiger partial charge in [-0.05, 0) is 18.2 Å². The number of benzene rings is 1. The van der Waals surface area contributed by atoms with Gasteiger partial charge >= 0.3 is 5.97 Å². The van der Waals surface area contributed by atoms with Crippen LogP contribution in [0.25, 0.3) is 10.2 Å². The summed E-state index contributed by atoms with van der Waals surface area (Å²) in [5, 5.41) is 18.7. The zero-order valence-corrected chi connectivity index (χ0v) is 9.85. The van der Waals surface area contributed by atoms with Gasteiger partial charge < -0.3 is 14.9 Å². The summed E-state index contributed by atoms with van der Waals surface area (Å²) in [4.78, 5) is 19.0. The normalized spacial score (nSPS) is 18.7. The van der Waals surface area contributed by atoms with E-state index in [4.69, 9.17) is 9.84 Å². The number of phenols is 1. The molecule has 3 rings (SSSR count). The summed E-state index contributed by atoms with van der Waals surface area (Å²) >= 11 is 1.30. The number of ether oxygens (including phenoxy) is 1. The molecular formula is C11H8N2O4S. The quantitative estimate of drug-likeness (QED) is 0.851. The van der Waals surface area contributed by atoms with E-state index >= 15 is 0 Å². The first-order chi connectivity index (χ1) is 8.63. The summed E-state index contributed by atoms with van der Waals surface area (Å²) in [6.07, 6.45) is 0. The van der Waals surface area contributed by atoms with Crippen LogP contribution in [0.5, 0.6) is 5.75 Å². The second-order valence-electron chi connectivity index (χ2n) is 3.77. The Morgan fingerprint density at radius 1 is 1.50 bits per heavy atom. The summed E-state index contributed by atoms with van der Waals surface area (Å²) in [6, 6.07) is 3.97. The molecule has 0 saturated carbocycles. The van der Waals surface area contributed by atoms with E-state index in [1.165, 1.54) is 11.3 Å². The first-order valence-corrected chi connectivity index (χ1v) is 5.98. The van der Waals surface area contributed by atoms with Gasteiger partial charge in [-0.25, -0.2) is 14.8 Å². The molecule has 92 valence electrons. The minimum atomic E-state index is -1.01. The van der Waals surface area contributed by atoms with E-state index in [0.29, 0.717) is 5.01 Å². The average molecular weight is 264 g/mol. The standard InChI is InChI=1S/C11H8N2O4S/c14-5-1-2-6-8(3-5)18-10(13-6)9-12-7(4-17-9)11(15)16/h1-3,7,14H,4H2,(H,15,16). The fraction of sp³-hybridized carbons (Fsp3) is 0.182. The molecule has 0 radical (unpaired) electrons. The number of phenolic OH excluding ortho intramolecular Hbond substituents is 1. The zero-order chi connectivity index (χ0) is 12.7. The smallest absolute Gasteiger partial charge is 0.332 e. The predicted molar refractivity (Wildman–Crippen MR) is 65.2 cm³/mol. The number of aromatic nitrogens is 1. The van der Waals surface area contributed by atoms with E-state index < -0.39 is 12.0 Å². The number of thiazole rings is 1. The SMILES string of the molecule is O=C(O)C1COC(c2nc3ccc(O)cc3s2)=N1. The van der Waals surface area contributed by atoms with Crippen LogP contribution >= 0.6 is 11.3 Å². The van der Waals surface area contributed by atoms with E-state index in [1.54, 1.807) is 18.2 Å². The van der Waals surface area contributed by atoms with Crippen LogP contribution in [0.4, 0.5) is 0 Å². The third-order valence-corrected chi connectivity index (χ3v) is 3.50. The Bertz CT molecular complexity index is 664. The molecule has 1 aromatic heterocycles. The van der Waals surface area contributed by atoms with Gasteiger partial charge in [0.05, 0.1) is 10.2 Å². The van der Waals surface area contributed by atoms with E-state index in [1.807, 2.05) is 0 Å². The van der Waals surface area contributed by atoms with Gasteiger partial charge in [0.1, 0.15) is 12.4 Å². The molecule has 1 aromatic carbocycles. The van der Waals surface area contributed by atoms with Crippen molar-refractivity contribution >= 4 is 33.4 Å². The van der Waals surface area contributed by atoms with Gasteiger partial charge in [0.15, 0.2) is 11.0 Å². The molecule has 0 spiro atoms. The highest BCUT2D eigenvalue weighted by atomic mass is 32.1. The molecule has 18 heavy (non-hydrogen) atoms. The van der Waals surface area contributed by atoms with Crippen LogP contribution in [-0.2, 0) is 9.53 Å². The fourth-order valence-electron chi connectivity index (χ4n) is 1.62. The van der Waals surface area contributed by atoms with Gasteiger partial charge in [0, 0.05) is 0 Å². The Balaban J connectivity index is 2.00. The number of carboxylic acids is 1. The molecule has 6 nitrogen and oxygen atoms in total. The van der Waals surface area contributed by atoms with Crippen LogP contribution in [0.15, 0.2) is 23.2 Å². The number of aliphatic imine (C=N–C) groups is 1. The molecule has 1 aliphatic rings. The maximum absolute atomic E-state index is 10.8. The third kappa shape index (κ3) is 1.78. The molecule has 2 N–H and O–H groups in total. The number of aromatic hydroxyl groups is 1. The zero-order valence-electron chi connectivity index (χ0n) is 9.03. The van der Waals surface area contributed by atoms with Crippen LogP contribution in [-0.4, -0.2) is 39.7 Å². The summed E-state index contributed by atoms with van der Waals surface area (Å²) in [7, 11) is 0. The number of carboxylic acid groups (broad SMARTS) is 1. The maximum Gasteiger partial charge on any atom is 0.332 e. The van der Waals surface area contributed by atoms with Crippen molar-refractivity contribution in [3.05, 3.63) is 23.2 Å². The summed E-state index contributed by atoms with van der Waals surface area (Å²) < 4.78 is 6.03. The lowest BCUT2D eigenvalue weighted by Gasteiger charge is -1.95. The molecule has 0 amide bonds. The minimum Gasteiger partial charge on any atom is -0.508 e. The van der Waals surface area contributed by atoms with Gasteiger partial charge in [-0.1, -0.05) is 0 Å². The van der Waals surface area contributed by atoms with Gasteiger partial charge in [0.2, 0.25) is 5.90 Å². The fourth-order valence-corrected chi connectivity index (χ4v) is 2.57. The molecule has 0 bridgehead atoms. The van der Waals surface area contributed by atoms with E-state index in [9.17, 15) is 9.90 Å². The average Bonchev–Trinajstić information content (AvgIpc) is 2.93. The summed E-state index contributed by atoms with van der Waals surface area (Å²) in [6.45, 7) is 0.0336. The van der Waals surface area contributed by atoms with Crippen molar-refractivity contribution in [3.8, 4) is 5.75 Å². The van der Waals surface area contributed by atoms with Crippen LogP contribution in [0.3, 0.4) is 0 Å². The molecule has 0 aliphatic carbocycles. The van der Waals surface area contributed by atoms with Gasteiger partial charge in [-0.15, -0.1) is 11.3 Å². The third-order valence-electron chi connectivity index (χ3n) is 2.49. The van der Waals surface area contributed by atoms with E-state index in [-0.39, 0.29) is 18.3 Å². The lowest BCUT2D eigenvalue weighted by molar-refractivity contribution is -0.138. The largest absolute Gasteiger partial charge is 0.508 e. The number of fused-ring (bicyclic) bond motifs is 1. The highest BCUT2D eigenvalue weighted by molar-refractivity contribution is 7.20. The monoisotopic (exact) mass is 264 g/mol. The predicted octanol–water partition coefficient (Wildman–Crippen LogP) is 1.23. The summed E-state index contributed by atoms with van der Waals surface area (Å²) in [5.41, 5.74) is 0.720. The Labute approximate surface area is 105 Å². The van der Waals surface area contributed by atoms with Crippen molar-refractivity contribution < 1.29 is 19.7 Å². The van der Waals surface area contributed by atoms with Crippen LogP contribution in [0.1, 0.15) is 5.01 Å². The topological polar surface area (TPSA) is 92.0 Å². The Hall–Kier alpha value is -2.15. The van der Waals surface area contributed by atoms with Crippen molar-refractivity contribution in [1.29, 1.82) is 0 Å². The first kappa shape index (κ1) is 11.0. The highest BCUT2D eigenvalue weighted by Gasteiger charge is 2.27. The molecule has 1 atom stereocenters. The van der Waals surface area contributed by atoms with Crippen molar-refractivity contribution in [3.63, 3.8) is 0 Å². The molecule has 1 aliphatic heterocycles. The van der Waals surface area contributed by atoms with Gasteiger partial charge in [0.25, 0.3) is 0 Å². The van der Waals surface area contributed by atoms with Crippen molar-refractivity contribution in [2.75, 3.05) is 6.61 Å². The number of rotatable bonds is 2. The molecule has 2 aromatic rings. The number of hydrogen-bond donors (Lipinski definition) is 2. The lowest BCUT2D eigenvalue weighted by Crippen LogP contribution is -2.18. The second kappa shape index (κ2) is 3.95. The maximum atomic E-state index is 10.8. The first-order valence-electron chi connectivity index (χ1n) is 5.17. The summed E-state index contributed by atoms with van der Waals surface area (Å²) in [5.74, 6) is -0.595. The van der Waals surface area contributed by atoms with Crippen molar-refractivity contribution in [2.45, 2.75) is 6.04 Å². The number of nitrogens with zero attached hydrogens (tertiary/aromatic N) is 2. The van der Waals surface area contributed by atoms with Gasteiger partial charge in [-0.3, -0.25) is 0 Å². The second-order valence-corrected chi connectivity index (χ2v) is 4.80. The number of hydrogen-bond acceptors (Lipinski definition) is 6. The number of carbonyl (C=O) groups is 1. The van der Waals surface area contributed by atoms with E-state index in [2.05, 4.69) is 9.98 Å². The minimum absolute atomic E-state index is 0.0336. The van der Waals surface area contributed by atoms with Crippen molar-refractivity contribution in [1.82, 2.24) is 4.98 Å². The molecule has 7 heteroatoms. The highest BCUT2D eigenvalue weighted by Crippen LogP contribution is 2.27. The molecule has 2 heterocycles. The Morgan fingerprint density at radius 2 is 2.33 bits per heavy atom. The lowest BCUT2D eigenvalue weighted by atomic mass is 10.3. The molecular weight excluding hydrogens is 256 g/mol. The number of aliphatic carboxylic acids is 1. The Kier molecular flexibility index (Phi) is 2.41. The van der Waals surface area contributed by atoms with Crippen molar-refractivity contribution in [2.24, 2.45) is 4.99 Å². The van der Waals surface area contributed by atoms with Crippen LogP contribution < -0.4 is 0 Å². The van der Waals surface area contributed by atoms with Crippen LogP contribution in [0.2, 0.25) is 0 Å². The molecule has 1 unspecified atom stereocenters.